The van der Waals surface area contributed by atoms with Crippen LogP contribution in [0.15, 0.2) is 11.5 Å². The van der Waals surface area contributed by atoms with E-state index in [1.165, 1.54) is 0 Å². The minimum atomic E-state index is -0.207. The van der Waals surface area contributed by atoms with Crippen LogP contribution in [-0.2, 0) is 0 Å². The highest BCUT2D eigenvalue weighted by Gasteiger charge is 2.08. The Morgan fingerprint density at radius 3 is 2.30 bits per heavy atom. The van der Waals surface area contributed by atoms with E-state index in [2.05, 4.69) is 9.69 Å². The van der Waals surface area contributed by atoms with Gasteiger partial charge in [-0.2, -0.15) is 15.0 Å². The van der Waals surface area contributed by atoms with E-state index in [1.54, 1.807) is 6.07 Å². The zero-order valence-corrected chi connectivity index (χ0v) is 5.13. The van der Waals surface area contributed by atoms with E-state index in [0.717, 1.165) is 0 Å². The van der Waals surface area contributed by atoms with Crippen LogP contribution in [0.25, 0.3) is 9.69 Å². The Morgan fingerprint density at radius 2 is 2.00 bits per heavy atom. The highest BCUT2D eigenvalue weighted by atomic mass is 14.9. The molecular formula is C6H4N4. The number of hydrogen-bond donors (Lipinski definition) is 1. The molecule has 0 unspecified atom stereocenters. The van der Waals surface area contributed by atoms with Crippen LogP contribution in [0.1, 0.15) is 6.42 Å². The van der Waals surface area contributed by atoms with E-state index < -0.39 is 0 Å². The number of rotatable bonds is 1. The summed E-state index contributed by atoms with van der Waals surface area (Å²) >= 11 is 0. The highest BCUT2D eigenvalue weighted by molar-refractivity contribution is 5.25. The zero-order valence-electron chi connectivity index (χ0n) is 5.13. The minimum Gasteiger partial charge on any atom is -0.404 e. The SMILES string of the molecule is [C-]#[N+]C([N+]#[C-])=C(N)CC#N. The number of hydrogen-bond acceptors (Lipinski definition) is 2. The number of allylic oxidation sites excluding steroid dienone is 1. The minimum absolute atomic E-state index is 0.0486. The van der Waals surface area contributed by atoms with Crippen molar-refractivity contribution in [1.29, 1.82) is 5.26 Å². The van der Waals surface area contributed by atoms with Crippen molar-refractivity contribution in [2.24, 2.45) is 5.73 Å². The van der Waals surface area contributed by atoms with Crippen LogP contribution >= 0.6 is 0 Å². The van der Waals surface area contributed by atoms with E-state index in [4.69, 9.17) is 24.1 Å². The first-order valence-electron chi connectivity index (χ1n) is 2.36. The van der Waals surface area contributed by atoms with Crippen molar-refractivity contribution in [3.05, 3.63) is 34.4 Å². The van der Waals surface area contributed by atoms with Crippen LogP contribution in [0.2, 0.25) is 0 Å². The Hall–Kier alpha value is -1.99. The molecule has 4 heteroatoms. The monoisotopic (exact) mass is 132 g/mol. The van der Waals surface area contributed by atoms with Gasteiger partial charge in [0.1, 0.15) is 18.8 Å². The average Bonchev–Trinajstić information content (AvgIpc) is 1.91. The third-order valence-corrected chi connectivity index (χ3v) is 0.769. The molecule has 0 aromatic carbocycles. The van der Waals surface area contributed by atoms with Gasteiger partial charge < -0.3 is 5.73 Å². The summed E-state index contributed by atoms with van der Waals surface area (Å²) in [4.78, 5) is 5.65. The van der Waals surface area contributed by atoms with Gasteiger partial charge in [0.15, 0.2) is 0 Å². The standard InChI is InChI=1S/C6H4N4/c1-9-6(10-2)5(8)3-4-7/h3,8H2. The van der Waals surface area contributed by atoms with Crippen molar-refractivity contribution < 1.29 is 0 Å². The summed E-state index contributed by atoms with van der Waals surface area (Å²) in [5.74, 6) is -0.207. The predicted molar refractivity (Wildman–Crippen MR) is 34.6 cm³/mol. The van der Waals surface area contributed by atoms with Crippen molar-refractivity contribution in [3.8, 4) is 6.07 Å². The first-order valence-corrected chi connectivity index (χ1v) is 2.36. The third-order valence-electron chi connectivity index (χ3n) is 0.769. The molecule has 0 spiro atoms. The molecule has 0 bridgehead atoms. The predicted octanol–water partition coefficient (Wildman–Crippen LogP) is 0.866. The molecule has 0 aliphatic rings. The molecule has 0 aliphatic carbocycles. The van der Waals surface area contributed by atoms with E-state index >= 15 is 0 Å². The molecule has 0 aliphatic heterocycles. The number of nitrogens with zero attached hydrogens (tertiary/aromatic N) is 3. The largest absolute Gasteiger partial charge is 0.539 e. The van der Waals surface area contributed by atoms with Crippen LogP contribution in [0.3, 0.4) is 0 Å². The van der Waals surface area contributed by atoms with Gasteiger partial charge in [-0.15, -0.1) is 0 Å². The fraction of sp³-hybridized carbons (Fsp3) is 0.167. The summed E-state index contributed by atoms with van der Waals surface area (Å²) in [6.45, 7) is 12.9. The van der Waals surface area contributed by atoms with E-state index in [-0.39, 0.29) is 17.9 Å². The van der Waals surface area contributed by atoms with Gasteiger partial charge in [-0.25, -0.2) is 0 Å². The highest BCUT2D eigenvalue weighted by Crippen LogP contribution is 2.04. The quantitative estimate of drug-likeness (QED) is 0.538. The fourth-order valence-corrected chi connectivity index (χ4v) is 0.333. The van der Waals surface area contributed by atoms with Crippen molar-refractivity contribution in [2.45, 2.75) is 6.42 Å². The van der Waals surface area contributed by atoms with Crippen molar-refractivity contribution in [2.75, 3.05) is 0 Å². The molecule has 0 saturated carbocycles. The molecule has 0 aromatic heterocycles. The normalized spacial score (nSPS) is 6.50. The molecule has 0 rings (SSSR count). The lowest BCUT2D eigenvalue weighted by Gasteiger charge is -1.83. The van der Waals surface area contributed by atoms with Crippen LogP contribution in [0.4, 0.5) is 0 Å². The second-order valence-corrected chi connectivity index (χ2v) is 1.41. The van der Waals surface area contributed by atoms with Crippen LogP contribution in [0.5, 0.6) is 0 Å². The van der Waals surface area contributed by atoms with Crippen LogP contribution < -0.4 is 5.73 Å². The van der Waals surface area contributed by atoms with Crippen LogP contribution in [0, 0.1) is 24.5 Å². The van der Waals surface area contributed by atoms with Gasteiger partial charge in [0.05, 0.1) is 12.5 Å². The van der Waals surface area contributed by atoms with Gasteiger partial charge in [-0.3, -0.25) is 0 Å². The smallest absolute Gasteiger partial charge is 0.404 e. The summed E-state index contributed by atoms with van der Waals surface area (Å²) in [6, 6.07) is 1.75. The van der Waals surface area contributed by atoms with Crippen molar-refractivity contribution in [3.63, 3.8) is 0 Å². The molecule has 2 N–H and O–H groups in total. The van der Waals surface area contributed by atoms with Crippen molar-refractivity contribution >= 4 is 0 Å². The number of nitrogens with two attached hydrogens (primary N) is 1. The Morgan fingerprint density at radius 1 is 1.50 bits per heavy atom. The van der Waals surface area contributed by atoms with Gasteiger partial charge in [0, 0.05) is 0 Å². The van der Waals surface area contributed by atoms with Gasteiger partial charge in [-0.05, 0) is 0 Å². The molecule has 0 radical (unpaired) electrons. The molecule has 4 nitrogen and oxygen atoms in total. The Bertz CT molecular complexity index is 252. The summed E-state index contributed by atoms with van der Waals surface area (Å²) < 4.78 is 0. The first kappa shape index (κ1) is 8.01. The number of nitriles is 1. The van der Waals surface area contributed by atoms with E-state index in [0.29, 0.717) is 0 Å². The second-order valence-electron chi connectivity index (χ2n) is 1.41. The van der Waals surface area contributed by atoms with Gasteiger partial charge in [0.2, 0.25) is 0 Å². The third kappa shape index (κ3) is 1.86. The fourth-order valence-electron chi connectivity index (χ4n) is 0.333. The zero-order chi connectivity index (χ0) is 7.98. The summed E-state index contributed by atoms with van der Waals surface area (Å²) in [5.41, 5.74) is 5.23. The summed E-state index contributed by atoms with van der Waals surface area (Å²) in [7, 11) is 0. The molecule has 0 aromatic rings. The summed E-state index contributed by atoms with van der Waals surface area (Å²) in [6.07, 6.45) is -0.0555. The maximum Gasteiger partial charge on any atom is 0.539 e. The molecule has 10 heavy (non-hydrogen) atoms. The maximum absolute atomic E-state index is 8.11. The van der Waals surface area contributed by atoms with Crippen LogP contribution in [-0.4, -0.2) is 0 Å². The molecule has 48 valence electrons. The first-order chi connectivity index (χ1) is 4.76. The topological polar surface area (TPSA) is 58.5 Å². The van der Waals surface area contributed by atoms with E-state index in [1.807, 2.05) is 0 Å². The van der Waals surface area contributed by atoms with Crippen molar-refractivity contribution in [1.82, 2.24) is 0 Å². The Labute approximate surface area is 58.8 Å². The van der Waals surface area contributed by atoms with Gasteiger partial charge in [-0.1, -0.05) is 0 Å². The lowest BCUT2D eigenvalue weighted by Crippen LogP contribution is -1.97. The molecule has 0 saturated heterocycles. The Kier molecular flexibility index (Phi) is 3.16. The second kappa shape index (κ2) is 3.95. The molecule has 0 fully saturated rings. The van der Waals surface area contributed by atoms with Gasteiger partial charge >= 0.3 is 5.82 Å². The molecule has 0 atom stereocenters. The molecule has 0 heterocycles. The average molecular weight is 132 g/mol. The molecule has 0 amide bonds. The van der Waals surface area contributed by atoms with E-state index in [9.17, 15) is 0 Å². The Balaban J connectivity index is 4.56. The summed E-state index contributed by atoms with van der Waals surface area (Å²) in [5, 5.41) is 8.11. The lowest BCUT2D eigenvalue weighted by atomic mass is 10.3. The van der Waals surface area contributed by atoms with Gasteiger partial charge in [0.25, 0.3) is 0 Å². The maximum atomic E-state index is 8.11. The molecular weight excluding hydrogens is 128 g/mol. The lowest BCUT2D eigenvalue weighted by molar-refractivity contribution is 1.15.